The van der Waals surface area contributed by atoms with Gasteiger partial charge in [0.1, 0.15) is 15.6 Å². The highest BCUT2D eigenvalue weighted by molar-refractivity contribution is 7.89. The SMILES string of the molecule is O=S(=O)(NCC1(O)CCOC1)c1cnc(Cl)c(Cl)c1. The van der Waals surface area contributed by atoms with Crippen molar-refractivity contribution in [3.05, 3.63) is 22.4 Å². The predicted octanol–water partition coefficient (Wildman–Crippen LogP) is 0.818. The summed E-state index contributed by atoms with van der Waals surface area (Å²) in [6.45, 7) is 0.386. The largest absolute Gasteiger partial charge is 0.386 e. The maximum absolute atomic E-state index is 12.0. The van der Waals surface area contributed by atoms with Crippen LogP contribution in [0.1, 0.15) is 6.42 Å². The number of ether oxygens (including phenoxy) is 1. The molecule has 6 nitrogen and oxygen atoms in total. The van der Waals surface area contributed by atoms with Gasteiger partial charge in [0.05, 0.1) is 11.6 Å². The second-order valence-corrected chi connectivity index (χ2v) is 6.83. The molecule has 0 spiro atoms. The number of pyridine rings is 1. The molecule has 2 heterocycles. The van der Waals surface area contributed by atoms with Crippen LogP contribution in [0.4, 0.5) is 0 Å². The van der Waals surface area contributed by atoms with Crippen LogP contribution in [-0.2, 0) is 14.8 Å². The quantitative estimate of drug-likeness (QED) is 0.799. The molecule has 1 aliphatic rings. The molecule has 1 atom stereocenters. The number of sulfonamides is 1. The van der Waals surface area contributed by atoms with Gasteiger partial charge in [-0.3, -0.25) is 0 Å². The Morgan fingerprint density at radius 2 is 2.26 bits per heavy atom. The normalized spacial score (nSPS) is 23.7. The highest BCUT2D eigenvalue weighted by atomic mass is 35.5. The van der Waals surface area contributed by atoms with Crippen molar-refractivity contribution in [3.8, 4) is 0 Å². The molecule has 1 aromatic rings. The molecule has 0 bridgehead atoms. The second kappa shape index (κ2) is 5.51. The maximum Gasteiger partial charge on any atom is 0.242 e. The van der Waals surface area contributed by atoms with Crippen molar-refractivity contribution in [2.45, 2.75) is 16.9 Å². The molecule has 1 aliphatic heterocycles. The lowest BCUT2D eigenvalue weighted by atomic mass is 10.1. The summed E-state index contributed by atoms with van der Waals surface area (Å²) in [5.74, 6) is 0. The molecule has 19 heavy (non-hydrogen) atoms. The minimum atomic E-state index is -3.80. The highest BCUT2D eigenvalue weighted by Gasteiger charge is 2.33. The average molecular weight is 327 g/mol. The van der Waals surface area contributed by atoms with Crippen LogP contribution in [0.25, 0.3) is 0 Å². The lowest BCUT2D eigenvalue weighted by Gasteiger charge is -2.20. The van der Waals surface area contributed by atoms with E-state index in [1.165, 1.54) is 6.07 Å². The standard InChI is InChI=1S/C10H12Cl2N2O4S/c11-8-3-7(4-13-9(8)12)19(16,17)14-5-10(15)1-2-18-6-10/h3-4,14-15H,1-2,5-6H2. The molecule has 1 aromatic heterocycles. The zero-order chi connectivity index (χ0) is 14.1. The fourth-order valence-electron chi connectivity index (χ4n) is 1.60. The third-order valence-electron chi connectivity index (χ3n) is 2.76. The van der Waals surface area contributed by atoms with Crippen LogP contribution in [-0.4, -0.2) is 43.9 Å². The van der Waals surface area contributed by atoms with E-state index in [1.54, 1.807) is 0 Å². The summed E-state index contributed by atoms with van der Waals surface area (Å²) in [5, 5.41) is 10.1. The zero-order valence-electron chi connectivity index (χ0n) is 9.77. The molecule has 1 unspecified atom stereocenters. The Bertz CT molecular complexity index is 573. The Kier molecular flexibility index (Phi) is 4.34. The smallest absolute Gasteiger partial charge is 0.242 e. The van der Waals surface area contributed by atoms with Crippen LogP contribution in [0.2, 0.25) is 10.2 Å². The highest BCUT2D eigenvalue weighted by Crippen LogP contribution is 2.23. The number of hydrogen-bond donors (Lipinski definition) is 2. The van der Waals surface area contributed by atoms with Crippen LogP contribution in [0.3, 0.4) is 0 Å². The van der Waals surface area contributed by atoms with E-state index in [1.807, 2.05) is 0 Å². The molecule has 0 amide bonds. The Morgan fingerprint density at radius 1 is 1.53 bits per heavy atom. The van der Waals surface area contributed by atoms with Gasteiger partial charge < -0.3 is 9.84 Å². The minimum absolute atomic E-state index is 0.0310. The molecule has 2 N–H and O–H groups in total. The lowest BCUT2D eigenvalue weighted by Crippen LogP contribution is -2.43. The van der Waals surface area contributed by atoms with Gasteiger partial charge in [-0.25, -0.2) is 18.1 Å². The van der Waals surface area contributed by atoms with Gasteiger partial charge in [-0.2, -0.15) is 0 Å². The first-order chi connectivity index (χ1) is 8.82. The van der Waals surface area contributed by atoms with E-state index in [0.29, 0.717) is 13.0 Å². The van der Waals surface area contributed by atoms with Crippen molar-refractivity contribution in [2.24, 2.45) is 0 Å². The van der Waals surface area contributed by atoms with Crippen molar-refractivity contribution in [2.75, 3.05) is 19.8 Å². The fraction of sp³-hybridized carbons (Fsp3) is 0.500. The van der Waals surface area contributed by atoms with Crippen molar-refractivity contribution < 1.29 is 18.3 Å². The van der Waals surface area contributed by atoms with Gasteiger partial charge in [-0.15, -0.1) is 0 Å². The van der Waals surface area contributed by atoms with Gasteiger partial charge in [0.15, 0.2) is 0 Å². The fourth-order valence-corrected chi connectivity index (χ4v) is 3.02. The molecule has 106 valence electrons. The van der Waals surface area contributed by atoms with Crippen LogP contribution in [0.15, 0.2) is 17.2 Å². The Balaban J connectivity index is 2.11. The Hall–Kier alpha value is -0.440. The summed E-state index contributed by atoms with van der Waals surface area (Å²) in [6.07, 6.45) is 1.49. The molecule has 0 aromatic carbocycles. The number of hydrogen-bond acceptors (Lipinski definition) is 5. The maximum atomic E-state index is 12.0. The van der Waals surface area contributed by atoms with E-state index in [4.69, 9.17) is 27.9 Å². The molecule has 0 aliphatic carbocycles. The third-order valence-corrected chi connectivity index (χ3v) is 4.81. The van der Waals surface area contributed by atoms with E-state index in [0.717, 1.165) is 6.20 Å². The molecule has 0 radical (unpaired) electrons. The van der Waals surface area contributed by atoms with E-state index in [9.17, 15) is 13.5 Å². The van der Waals surface area contributed by atoms with E-state index in [2.05, 4.69) is 9.71 Å². The first kappa shape index (κ1) is 15.0. The van der Waals surface area contributed by atoms with E-state index < -0.39 is 15.6 Å². The first-order valence-corrected chi connectivity index (χ1v) is 7.67. The van der Waals surface area contributed by atoms with Crippen LogP contribution in [0, 0.1) is 0 Å². The van der Waals surface area contributed by atoms with Crippen LogP contribution in [0.5, 0.6) is 0 Å². The number of nitrogens with one attached hydrogen (secondary N) is 1. The lowest BCUT2D eigenvalue weighted by molar-refractivity contribution is 0.0314. The summed E-state index contributed by atoms with van der Waals surface area (Å²) >= 11 is 11.3. The minimum Gasteiger partial charge on any atom is -0.386 e. The van der Waals surface area contributed by atoms with Gasteiger partial charge in [0.2, 0.25) is 10.0 Å². The second-order valence-electron chi connectivity index (χ2n) is 4.30. The summed E-state index contributed by atoms with van der Waals surface area (Å²) in [5.41, 5.74) is -1.17. The zero-order valence-corrected chi connectivity index (χ0v) is 12.1. The van der Waals surface area contributed by atoms with Crippen LogP contribution >= 0.6 is 23.2 Å². The molecule has 2 rings (SSSR count). The Morgan fingerprint density at radius 3 is 2.84 bits per heavy atom. The van der Waals surface area contributed by atoms with Gasteiger partial charge in [-0.1, -0.05) is 23.2 Å². The summed E-state index contributed by atoms with van der Waals surface area (Å²) in [7, 11) is -3.80. The molecule has 1 saturated heterocycles. The number of aliphatic hydroxyl groups is 1. The van der Waals surface area contributed by atoms with Crippen molar-refractivity contribution in [1.29, 1.82) is 0 Å². The van der Waals surface area contributed by atoms with Gasteiger partial charge in [-0.05, 0) is 6.07 Å². The Labute approximate surface area is 120 Å². The number of aromatic nitrogens is 1. The summed E-state index contributed by atoms with van der Waals surface area (Å²) in [6, 6.07) is 1.20. The number of nitrogens with zero attached hydrogens (tertiary/aromatic N) is 1. The third kappa shape index (κ3) is 3.56. The van der Waals surface area contributed by atoms with Gasteiger partial charge in [0.25, 0.3) is 0 Å². The average Bonchev–Trinajstić information content (AvgIpc) is 2.78. The summed E-state index contributed by atoms with van der Waals surface area (Å²) in [4.78, 5) is 3.56. The first-order valence-electron chi connectivity index (χ1n) is 5.43. The molecule has 9 heteroatoms. The molecular weight excluding hydrogens is 315 g/mol. The van der Waals surface area contributed by atoms with Crippen molar-refractivity contribution >= 4 is 33.2 Å². The number of halogens is 2. The molecule has 1 fully saturated rings. The monoisotopic (exact) mass is 326 g/mol. The number of rotatable bonds is 4. The summed E-state index contributed by atoms with van der Waals surface area (Å²) < 4.78 is 31.3. The molecule has 0 saturated carbocycles. The van der Waals surface area contributed by atoms with E-state index in [-0.39, 0.29) is 28.2 Å². The van der Waals surface area contributed by atoms with Gasteiger partial charge in [0, 0.05) is 25.8 Å². The van der Waals surface area contributed by atoms with Crippen molar-refractivity contribution in [1.82, 2.24) is 9.71 Å². The predicted molar refractivity (Wildman–Crippen MR) is 69.8 cm³/mol. The topological polar surface area (TPSA) is 88.5 Å². The molecular formula is C10H12Cl2N2O4S. The van der Waals surface area contributed by atoms with E-state index >= 15 is 0 Å². The van der Waals surface area contributed by atoms with Crippen molar-refractivity contribution in [3.63, 3.8) is 0 Å². The van der Waals surface area contributed by atoms with Crippen LogP contribution < -0.4 is 4.72 Å². The van der Waals surface area contributed by atoms with Gasteiger partial charge >= 0.3 is 0 Å².